The number of ether oxygens (including phenoxy) is 1. The molecular formula is C20H25NO2. The van der Waals surface area contributed by atoms with E-state index in [-0.39, 0.29) is 5.97 Å². The molecule has 0 amide bonds. The minimum Gasteiger partial charge on any atom is -0.462 e. The quantitative estimate of drug-likeness (QED) is 0.682. The molecule has 3 heteroatoms. The summed E-state index contributed by atoms with van der Waals surface area (Å²) in [7, 11) is 0. The fraction of sp³-hybridized carbons (Fsp3) is 0.400. The van der Waals surface area contributed by atoms with E-state index in [0.29, 0.717) is 18.1 Å². The lowest BCUT2D eigenvalue weighted by atomic mass is 10.1. The standard InChI is InChI=1S/C20H25NO2/c1-4-6-16-7-12-19(21-13-16)17-8-10-18(11-9-17)20(22)23-14-15(3)5-2/h7-13,15H,4-6,14H2,1-3H3/t15-/m1/s1. The highest BCUT2D eigenvalue weighted by atomic mass is 16.5. The summed E-state index contributed by atoms with van der Waals surface area (Å²) in [6.45, 7) is 6.79. The number of nitrogens with zero attached hydrogens (tertiary/aromatic N) is 1. The summed E-state index contributed by atoms with van der Waals surface area (Å²) in [5.41, 5.74) is 3.76. The molecule has 0 bridgehead atoms. The van der Waals surface area contributed by atoms with Gasteiger partial charge in [0, 0.05) is 11.8 Å². The normalized spacial score (nSPS) is 12.0. The third-order valence-corrected chi connectivity index (χ3v) is 3.98. The summed E-state index contributed by atoms with van der Waals surface area (Å²) in [6, 6.07) is 11.6. The molecule has 0 aliphatic heterocycles. The van der Waals surface area contributed by atoms with E-state index in [9.17, 15) is 4.79 Å². The minimum absolute atomic E-state index is 0.261. The molecule has 0 saturated carbocycles. The van der Waals surface area contributed by atoms with Crippen LogP contribution in [0.2, 0.25) is 0 Å². The second kappa shape index (κ2) is 8.47. The lowest BCUT2D eigenvalue weighted by Gasteiger charge is -2.10. The molecular weight excluding hydrogens is 286 g/mol. The lowest BCUT2D eigenvalue weighted by Crippen LogP contribution is -2.11. The van der Waals surface area contributed by atoms with Crippen molar-refractivity contribution in [2.24, 2.45) is 5.92 Å². The summed E-state index contributed by atoms with van der Waals surface area (Å²) >= 11 is 0. The van der Waals surface area contributed by atoms with Gasteiger partial charge in [0.15, 0.2) is 0 Å². The number of hydrogen-bond donors (Lipinski definition) is 0. The fourth-order valence-electron chi connectivity index (χ4n) is 2.23. The molecule has 23 heavy (non-hydrogen) atoms. The van der Waals surface area contributed by atoms with Crippen molar-refractivity contribution in [3.05, 3.63) is 53.7 Å². The van der Waals surface area contributed by atoms with Crippen molar-refractivity contribution >= 4 is 5.97 Å². The van der Waals surface area contributed by atoms with Crippen molar-refractivity contribution in [3.63, 3.8) is 0 Å². The van der Waals surface area contributed by atoms with Crippen LogP contribution in [0.1, 0.15) is 49.5 Å². The van der Waals surface area contributed by atoms with Gasteiger partial charge in [0.2, 0.25) is 0 Å². The van der Waals surface area contributed by atoms with Gasteiger partial charge in [-0.2, -0.15) is 0 Å². The number of hydrogen-bond acceptors (Lipinski definition) is 3. The zero-order valence-electron chi connectivity index (χ0n) is 14.2. The predicted molar refractivity (Wildman–Crippen MR) is 93.4 cm³/mol. The third kappa shape index (κ3) is 4.92. The molecule has 2 rings (SSSR count). The number of carbonyl (C=O) groups is 1. The molecule has 0 N–H and O–H groups in total. The van der Waals surface area contributed by atoms with Gasteiger partial charge in [-0.05, 0) is 36.1 Å². The number of esters is 1. The average molecular weight is 311 g/mol. The van der Waals surface area contributed by atoms with E-state index in [1.54, 1.807) is 12.1 Å². The molecule has 0 radical (unpaired) electrons. The van der Waals surface area contributed by atoms with E-state index in [0.717, 1.165) is 30.5 Å². The second-order valence-electron chi connectivity index (χ2n) is 5.99. The van der Waals surface area contributed by atoms with Crippen LogP contribution in [-0.2, 0) is 11.2 Å². The first-order valence-electron chi connectivity index (χ1n) is 8.36. The SMILES string of the molecule is CCCc1ccc(-c2ccc(C(=O)OC[C@H](C)CC)cc2)nc1. The molecule has 1 aromatic heterocycles. The van der Waals surface area contributed by atoms with E-state index in [4.69, 9.17) is 4.74 Å². The zero-order valence-corrected chi connectivity index (χ0v) is 14.2. The Morgan fingerprint density at radius 2 is 1.87 bits per heavy atom. The first kappa shape index (κ1) is 17.2. The highest BCUT2D eigenvalue weighted by Gasteiger charge is 2.09. The molecule has 0 aliphatic rings. The van der Waals surface area contributed by atoms with E-state index in [1.807, 2.05) is 24.4 Å². The molecule has 0 saturated heterocycles. The van der Waals surface area contributed by atoms with Gasteiger partial charge < -0.3 is 4.74 Å². The van der Waals surface area contributed by atoms with Crippen LogP contribution in [-0.4, -0.2) is 17.6 Å². The van der Waals surface area contributed by atoms with Gasteiger partial charge in [-0.25, -0.2) is 4.79 Å². The van der Waals surface area contributed by atoms with Crippen molar-refractivity contribution in [1.82, 2.24) is 4.98 Å². The Labute approximate surface area is 138 Å². The number of carbonyl (C=O) groups excluding carboxylic acids is 1. The molecule has 1 heterocycles. The van der Waals surface area contributed by atoms with Crippen LogP contribution in [0.15, 0.2) is 42.6 Å². The molecule has 0 aliphatic carbocycles. The molecule has 1 atom stereocenters. The molecule has 0 fully saturated rings. The maximum Gasteiger partial charge on any atom is 0.338 e. The number of benzene rings is 1. The van der Waals surface area contributed by atoms with Gasteiger partial charge in [0.1, 0.15) is 0 Å². The largest absolute Gasteiger partial charge is 0.462 e. The minimum atomic E-state index is -0.261. The van der Waals surface area contributed by atoms with Gasteiger partial charge in [-0.15, -0.1) is 0 Å². The maximum atomic E-state index is 12.0. The van der Waals surface area contributed by atoms with E-state index in [1.165, 1.54) is 5.56 Å². The Kier molecular flexibility index (Phi) is 6.33. The highest BCUT2D eigenvalue weighted by molar-refractivity contribution is 5.90. The lowest BCUT2D eigenvalue weighted by molar-refractivity contribution is 0.0447. The van der Waals surface area contributed by atoms with Crippen LogP contribution in [0.3, 0.4) is 0 Å². The van der Waals surface area contributed by atoms with Crippen LogP contribution in [0, 0.1) is 5.92 Å². The summed E-state index contributed by atoms with van der Waals surface area (Å²) in [5, 5.41) is 0. The number of aromatic nitrogens is 1. The van der Waals surface area contributed by atoms with Gasteiger partial charge in [0.25, 0.3) is 0 Å². The maximum absolute atomic E-state index is 12.0. The van der Waals surface area contributed by atoms with Gasteiger partial charge in [0.05, 0.1) is 17.9 Å². The van der Waals surface area contributed by atoms with Gasteiger partial charge in [-0.3, -0.25) is 4.98 Å². The first-order valence-corrected chi connectivity index (χ1v) is 8.36. The molecule has 1 aromatic carbocycles. The fourth-order valence-corrected chi connectivity index (χ4v) is 2.23. The van der Waals surface area contributed by atoms with E-state index in [2.05, 4.69) is 31.8 Å². The van der Waals surface area contributed by atoms with Crippen molar-refractivity contribution in [2.45, 2.75) is 40.0 Å². The van der Waals surface area contributed by atoms with Crippen LogP contribution >= 0.6 is 0 Å². The number of pyridine rings is 1. The predicted octanol–water partition coefficient (Wildman–Crippen LogP) is 4.90. The second-order valence-corrected chi connectivity index (χ2v) is 5.99. The summed E-state index contributed by atoms with van der Waals surface area (Å²) in [6.07, 6.45) is 5.10. The number of aryl methyl sites for hydroxylation is 1. The summed E-state index contributed by atoms with van der Waals surface area (Å²) in [5.74, 6) is 0.132. The Morgan fingerprint density at radius 3 is 2.43 bits per heavy atom. The van der Waals surface area contributed by atoms with Crippen LogP contribution in [0.5, 0.6) is 0 Å². The Hall–Kier alpha value is -2.16. The zero-order chi connectivity index (χ0) is 16.7. The molecule has 122 valence electrons. The van der Waals surface area contributed by atoms with Gasteiger partial charge in [-0.1, -0.05) is 51.8 Å². The monoisotopic (exact) mass is 311 g/mol. The molecule has 0 unspecified atom stereocenters. The molecule has 2 aromatic rings. The Bertz CT molecular complexity index is 617. The van der Waals surface area contributed by atoms with Crippen LogP contribution in [0.4, 0.5) is 0 Å². The van der Waals surface area contributed by atoms with Crippen molar-refractivity contribution in [2.75, 3.05) is 6.61 Å². The van der Waals surface area contributed by atoms with Crippen molar-refractivity contribution < 1.29 is 9.53 Å². The summed E-state index contributed by atoms with van der Waals surface area (Å²) < 4.78 is 5.31. The van der Waals surface area contributed by atoms with Gasteiger partial charge >= 0.3 is 5.97 Å². The first-order chi connectivity index (χ1) is 11.1. The topological polar surface area (TPSA) is 39.2 Å². The smallest absolute Gasteiger partial charge is 0.338 e. The van der Waals surface area contributed by atoms with Crippen LogP contribution < -0.4 is 0 Å². The third-order valence-electron chi connectivity index (χ3n) is 3.98. The van der Waals surface area contributed by atoms with Crippen molar-refractivity contribution in [3.8, 4) is 11.3 Å². The Balaban J connectivity index is 2.02. The molecule has 3 nitrogen and oxygen atoms in total. The summed E-state index contributed by atoms with van der Waals surface area (Å²) in [4.78, 5) is 16.5. The highest BCUT2D eigenvalue weighted by Crippen LogP contribution is 2.19. The molecule has 0 spiro atoms. The average Bonchev–Trinajstić information content (AvgIpc) is 2.60. The van der Waals surface area contributed by atoms with E-state index >= 15 is 0 Å². The van der Waals surface area contributed by atoms with Crippen LogP contribution in [0.25, 0.3) is 11.3 Å². The van der Waals surface area contributed by atoms with E-state index < -0.39 is 0 Å². The number of rotatable bonds is 7. The Morgan fingerprint density at radius 1 is 1.13 bits per heavy atom. The van der Waals surface area contributed by atoms with Crippen molar-refractivity contribution in [1.29, 1.82) is 0 Å².